The van der Waals surface area contributed by atoms with Gasteiger partial charge in [0.25, 0.3) is 0 Å². The Morgan fingerprint density at radius 2 is 1.84 bits per heavy atom. The minimum atomic E-state index is -4.25. The van der Waals surface area contributed by atoms with Crippen LogP contribution in [-0.2, 0) is 0 Å². The molecular weight excluding hydrogens is 269 g/mol. The number of benzene rings is 1. The maximum absolute atomic E-state index is 13.6. The lowest BCUT2D eigenvalue weighted by Gasteiger charge is -2.35. The Bertz CT molecular complexity index is 673. The predicted molar refractivity (Wildman–Crippen MR) is 73.0 cm³/mol. The lowest BCUT2D eigenvalue weighted by atomic mass is 10.1. The monoisotopic (exact) mass is 280 g/mol. The van der Waals surface area contributed by atoms with Crippen molar-refractivity contribution in [3.05, 3.63) is 64.8 Å². The van der Waals surface area contributed by atoms with E-state index < -0.39 is 15.5 Å². The van der Waals surface area contributed by atoms with Crippen LogP contribution in [-0.4, -0.2) is 11.8 Å². The highest BCUT2D eigenvalue weighted by molar-refractivity contribution is 8.37. The third kappa shape index (κ3) is 1.57. The lowest BCUT2D eigenvalue weighted by Crippen LogP contribution is -2.18. The summed E-state index contributed by atoms with van der Waals surface area (Å²) < 4.78 is 40.9. The van der Waals surface area contributed by atoms with Gasteiger partial charge in [0.1, 0.15) is 0 Å². The lowest BCUT2D eigenvalue weighted by molar-refractivity contribution is -0.0371. The highest BCUT2D eigenvalue weighted by Crippen LogP contribution is 2.77. The predicted octanol–water partition coefficient (Wildman–Crippen LogP) is 5.01. The minimum absolute atomic E-state index is 0.353. The maximum atomic E-state index is 13.6. The molecule has 0 spiro atoms. The minimum Gasteiger partial charge on any atom is -0.161 e. The summed E-state index contributed by atoms with van der Waals surface area (Å²) in [6.45, 7) is 0. The molecule has 0 aromatic heterocycles. The van der Waals surface area contributed by atoms with Crippen molar-refractivity contribution in [3.63, 3.8) is 0 Å². The first-order chi connectivity index (χ1) is 8.96. The van der Waals surface area contributed by atoms with E-state index in [0.29, 0.717) is 20.9 Å². The van der Waals surface area contributed by atoms with Gasteiger partial charge in [-0.2, -0.15) is 13.2 Å². The van der Waals surface area contributed by atoms with E-state index in [1.165, 1.54) is 6.26 Å². The van der Waals surface area contributed by atoms with Crippen molar-refractivity contribution in [1.82, 2.24) is 0 Å². The summed E-state index contributed by atoms with van der Waals surface area (Å²) in [7, 11) is -3.01. The highest BCUT2D eigenvalue weighted by Gasteiger charge is 2.55. The van der Waals surface area contributed by atoms with Crippen molar-refractivity contribution in [3.8, 4) is 0 Å². The van der Waals surface area contributed by atoms with Crippen LogP contribution in [0.4, 0.5) is 13.2 Å². The second-order valence-electron chi connectivity index (χ2n) is 4.46. The molecule has 1 atom stereocenters. The second-order valence-corrected chi connectivity index (χ2v) is 7.64. The van der Waals surface area contributed by atoms with E-state index in [-0.39, 0.29) is 0 Å². The van der Waals surface area contributed by atoms with Gasteiger partial charge in [0.05, 0.1) is 0 Å². The Balaban J connectivity index is 2.41. The van der Waals surface area contributed by atoms with Crippen LogP contribution in [0, 0.1) is 0 Å². The highest BCUT2D eigenvalue weighted by atomic mass is 32.3. The largest absolute Gasteiger partial charge is 0.433 e. The van der Waals surface area contributed by atoms with Gasteiger partial charge < -0.3 is 0 Å². The average molecular weight is 280 g/mol. The first-order valence-electron chi connectivity index (χ1n) is 5.74. The van der Waals surface area contributed by atoms with Gasteiger partial charge in [0.2, 0.25) is 0 Å². The van der Waals surface area contributed by atoms with Gasteiger partial charge in [-0.3, -0.25) is 0 Å². The van der Waals surface area contributed by atoms with Crippen LogP contribution < -0.4 is 0 Å². The summed E-state index contributed by atoms with van der Waals surface area (Å²) in [5.41, 5.74) is -0.0339. The number of halogens is 3. The molecule has 1 unspecified atom stereocenters. The number of hydrogen-bond donors (Lipinski definition) is 0. The van der Waals surface area contributed by atoms with Gasteiger partial charge in [-0.1, -0.05) is 40.4 Å². The van der Waals surface area contributed by atoms with Crippen LogP contribution in [0.1, 0.15) is 5.56 Å². The van der Waals surface area contributed by atoms with Crippen molar-refractivity contribution in [2.24, 2.45) is 0 Å². The Labute approximate surface area is 111 Å². The second kappa shape index (κ2) is 3.92. The summed E-state index contributed by atoms with van der Waals surface area (Å²) in [6, 6.07) is 6.77. The average Bonchev–Trinajstić information content (AvgIpc) is 2.55. The van der Waals surface area contributed by atoms with E-state index in [4.69, 9.17) is 0 Å². The Morgan fingerprint density at radius 3 is 2.58 bits per heavy atom. The molecule has 0 nitrogen and oxygen atoms in total. The molecule has 1 heterocycles. The first kappa shape index (κ1) is 12.4. The van der Waals surface area contributed by atoms with Crippen molar-refractivity contribution < 1.29 is 13.2 Å². The van der Waals surface area contributed by atoms with E-state index in [2.05, 4.69) is 5.73 Å². The zero-order valence-corrected chi connectivity index (χ0v) is 11.0. The molecule has 0 bridgehead atoms. The van der Waals surface area contributed by atoms with E-state index in [9.17, 15) is 13.2 Å². The quantitative estimate of drug-likeness (QED) is 0.586. The van der Waals surface area contributed by atoms with Crippen molar-refractivity contribution >= 4 is 15.6 Å². The third-order valence-corrected chi connectivity index (χ3v) is 6.81. The van der Waals surface area contributed by atoms with Crippen LogP contribution >= 0.6 is 10.0 Å². The summed E-state index contributed by atoms with van der Waals surface area (Å²) in [5, 5.41) is 0. The number of hydrogen-bond acceptors (Lipinski definition) is 0. The zero-order chi connectivity index (χ0) is 13.7. The van der Waals surface area contributed by atoms with Gasteiger partial charge in [-0.15, -0.1) is 5.73 Å². The summed E-state index contributed by atoms with van der Waals surface area (Å²) >= 11 is 0. The van der Waals surface area contributed by atoms with Gasteiger partial charge in [0.15, 0.2) is 0 Å². The Kier molecular flexibility index (Phi) is 2.56. The SMILES string of the molecule is CS1(C(F)(F)F)C2=CC=CC=C=C2c2ccccc21. The van der Waals surface area contributed by atoms with Gasteiger partial charge in [-0.25, -0.2) is 0 Å². The number of rotatable bonds is 0. The van der Waals surface area contributed by atoms with Crippen LogP contribution in [0.25, 0.3) is 5.57 Å². The van der Waals surface area contributed by atoms with Crippen molar-refractivity contribution in [2.75, 3.05) is 6.26 Å². The topological polar surface area (TPSA) is 0 Å². The van der Waals surface area contributed by atoms with Crippen molar-refractivity contribution in [2.45, 2.75) is 10.4 Å². The van der Waals surface area contributed by atoms with Crippen LogP contribution in [0.3, 0.4) is 0 Å². The Morgan fingerprint density at radius 1 is 1.11 bits per heavy atom. The van der Waals surface area contributed by atoms with Crippen molar-refractivity contribution in [1.29, 1.82) is 0 Å². The molecule has 0 fully saturated rings. The van der Waals surface area contributed by atoms with Crippen LogP contribution in [0.5, 0.6) is 0 Å². The van der Waals surface area contributed by atoms with Gasteiger partial charge >= 0.3 is 5.51 Å². The fourth-order valence-electron chi connectivity index (χ4n) is 2.43. The zero-order valence-electron chi connectivity index (χ0n) is 10.2. The molecule has 1 aliphatic heterocycles. The molecular formula is C15H11F3S. The Hall–Kier alpha value is -1.64. The molecule has 1 aromatic rings. The van der Waals surface area contributed by atoms with E-state index in [0.717, 1.165) is 0 Å². The summed E-state index contributed by atoms with van der Waals surface area (Å²) in [6.07, 6.45) is 7.92. The molecule has 2 aliphatic rings. The number of fused-ring (bicyclic) bond motifs is 3. The number of allylic oxidation sites excluding steroid dienone is 4. The molecule has 4 heteroatoms. The molecule has 98 valence electrons. The summed E-state index contributed by atoms with van der Waals surface area (Å²) in [5.74, 6) is 0. The van der Waals surface area contributed by atoms with Gasteiger partial charge in [0, 0.05) is 20.9 Å². The van der Waals surface area contributed by atoms with E-state index >= 15 is 0 Å². The third-order valence-electron chi connectivity index (χ3n) is 3.43. The first-order valence-corrected chi connectivity index (χ1v) is 7.78. The normalized spacial score (nSPS) is 27.8. The molecule has 19 heavy (non-hydrogen) atoms. The van der Waals surface area contributed by atoms with E-state index in [1.54, 1.807) is 48.6 Å². The van der Waals surface area contributed by atoms with Crippen LogP contribution in [0.15, 0.2) is 64.1 Å². The van der Waals surface area contributed by atoms with E-state index in [1.807, 2.05) is 0 Å². The molecule has 0 saturated carbocycles. The molecule has 0 radical (unpaired) electrons. The smallest absolute Gasteiger partial charge is 0.161 e. The summed E-state index contributed by atoms with van der Waals surface area (Å²) in [4.78, 5) is 0.742. The molecule has 1 aliphatic carbocycles. The maximum Gasteiger partial charge on any atom is 0.433 e. The molecule has 3 rings (SSSR count). The number of alkyl halides is 3. The molecule has 0 saturated heterocycles. The van der Waals surface area contributed by atoms with Crippen LogP contribution in [0.2, 0.25) is 0 Å². The van der Waals surface area contributed by atoms with Gasteiger partial charge in [-0.05, 0) is 24.5 Å². The fourth-order valence-corrected chi connectivity index (χ4v) is 5.06. The molecule has 0 amide bonds. The molecule has 1 aromatic carbocycles. The fraction of sp³-hybridized carbons (Fsp3) is 0.133. The standard InChI is InChI=1S/C15H11F3S/c1-19(15(16,17)18)13-9-4-2-3-7-11(13)12-8-5-6-10-14(12)19/h2-6,8-10H,1H3. The molecule has 0 N–H and O–H groups in total.